The lowest BCUT2D eigenvalue weighted by Gasteiger charge is -2.27. The Morgan fingerprint density at radius 1 is 1.03 bits per heavy atom. The van der Waals surface area contributed by atoms with Gasteiger partial charge in [-0.15, -0.1) is 11.8 Å². The van der Waals surface area contributed by atoms with Crippen LogP contribution in [-0.4, -0.2) is 36.7 Å². The molecule has 2 aromatic carbocycles. The molecule has 38 heavy (non-hydrogen) atoms. The average molecular weight is 538 g/mol. The summed E-state index contributed by atoms with van der Waals surface area (Å²) in [4.78, 5) is 27.6. The molecule has 0 unspecified atom stereocenters. The van der Waals surface area contributed by atoms with Crippen molar-refractivity contribution in [2.24, 2.45) is 5.92 Å². The van der Waals surface area contributed by atoms with Gasteiger partial charge >= 0.3 is 0 Å². The molecule has 3 aromatic rings. The highest BCUT2D eigenvalue weighted by molar-refractivity contribution is 7.98. The Morgan fingerprint density at radius 3 is 2.50 bits per heavy atom. The van der Waals surface area contributed by atoms with Crippen LogP contribution in [0, 0.1) is 11.7 Å². The lowest BCUT2D eigenvalue weighted by Crippen LogP contribution is -2.51. The fraction of sp³-hybridized carbons (Fsp3) is 0.400. The van der Waals surface area contributed by atoms with E-state index in [0.717, 1.165) is 31.4 Å². The van der Waals surface area contributed by atoms with Crippen LogP contribution in [0.1, 0.15) is 56.0 Å². The lowest BCUT2D eigenvalue weighted by atomic mass is 9.84. The summed E-state index contributed by atoms with van der Waals surface area (Å²) in [6.07, 6.45) is 8.27. The molecule has 1 aliphatic carbocycles. The van der Waals surface area contributed by atoms with Crippen molar-refractivity contribution in [2.45, 2.75) is 62.4 Å². The SMILES string of the molecule is CSc1ccc(NC[C@H](C)NC(=O)[C@H](CC2CCCCC2)NC(=O)c2ccc(-c3cccc(F)c3)o2)cc1. The average Bonchev–Trinajstić information content (AvgIpc) is 3.43. The molecule has 0 bridgehead atoms. The fourth-order valence-electron chi connectivity index (χ4n) is 4.85. The van der Waals surface area contributed by atoms with Crippen molar-refractivity contribution < 1.29 is 18.4 Å². The van der Waals surface area contributed by atoms with E-state index in [1.54, 1.807) is 36.0 Å². The molecule has 1 aliphatic rings. The summed E-state index contributed by atoms with van der Waals surface area (Å²) in [5, 5.41) is 9.33. The molecule has 4 rings (SSSR count). The highest BCUT2D eigenvalue weighted by Crippen LogP contribution is 2.28. The van der Waals surface area contributed by atoms with Gasteiger partial charge in [0.15, 0.2) is 5.76 Å². The van der Waals surface area contributed by atoms with Crippen LogP contribution in [-0.2, 0) is 4.79 Å². The number of rotatable bonds is 11. The van der Waals surface area contributed by atoms with Crippen LogP contribution >= 0.6 is 11.8 Å². The molecule has 3 N–H and O–H groups in total. The van der Waals surface area contributed by atoms with Gasteiger partial charge < -0.3 is 20.4 Å². The van der Waals surface area contributed by atoms with Crippen LogP contribution in [0.5, 0.6) is 0 Å². The number of halogens is 1. The quantitative estimate of drug-likeness (QED) is 0.244. The van der Waals surface area contributed by atoms with Crippen LogP contribution in [0.2, 0.25) is 0 Å². The van der Waals surface area contributed by atoms with Gasteiger partial charge in [0.2, 0.25) is 5.91 Å². The number of carbonyl (C=O) groups excluding carboxylic acids is 2. The van der Waals surface area contributed by atoms with Gasteiger partial charge in [0.1, 0.15) is 17.6 Å². The molecule has 8 heteroatoms. The number of amides is 2. The van der Waals surface area contributed by atoms with E-state index in [4.69, 9.17) is 4.42 Å². The maximum atomic E-state index is 13.6. The van der Waals surface area contributed by atoms with Gasteiger partial charge in [0.25, 0.3) is 5.91 Å². The molecule has 0 saturated heterocycles. The Labute approximate surface area is 228 Å². The molecule has 0 radical (unpaired) electrons. The molecule has 1 aromatic heterocycles. The van der Waals surface area contributed by atoms with E-state index >= 15 is 0 Å². The molecule has 0 spiro atoms. The van der Waals surface area contributed by atoms with Crippen molar-refractivity contribution in [1.29, 1.82) is 0 Å². The lowest BCUT2D eigenvalue weighted by molar-refractivity contribution is -0.124. The van der Waals surface area contributed by atoms with Crippen LogP contribution in [0.3, 0.4) is 0 Å². The monoisotopic (exact) mass is 537 g/mol. The van der Waals surface area contributed by atoms with Crippen molar-refractivity contribution >= 4 is 29.3 Å². The smallest absolute Gasteiger partial charge is 0.287 e. The highest BCUT2D eigenvalue weighted by atomic mass is 32.2. The Bertz CT molecular complexity index is 1210. The summed E-state index contributed by atoms with van der Waals surface area (Å²) < 4.78 is 19.3. The Hall–Kier alpha value is -3.26. The number of hydrogen-bond donors (Lipinski definition) is 3. The zero-order valence-corrected chi connectivity index (χ0v) is 22.8. The molecular formula is C30H36FN3O3S. The first-order valence-corrected chi connectivity index (χ1v) is 14.5. The third-order valence-corrected chi connectivity index (χ3v) is 7.69. The van der Waals surface area contributed by atoms with Gasteiger partial charge in [0, 0.05) is 28.7 Å². The van der Waals surface area contributed by atoms with Crippen molar-refractivity contribution in [2.75, 3.05) is 18.1 Å². The van der Waals surface area contributed by atoms with Gasteiger partial charge in [-0.3, -0.25) is 9.59 Å². The minimum absolute atomic E-state index is 0.0918. The second kappa shape index (κ2) is 13.5. The Kier molecular flexibility index (Phi) is 9.87. The van der Waals surface area contributed by atoms with Crippen molar-refractivity contribution in [3.05, 3.63) is 72.2 Å². The van der Waals surface area contributed by atoms with Crippen LogP contribution in [0.25, 0.3) is 11.3 Å². The molecule has 1 heterocycles. The van der Waals surface area contributed by atoms with E-state index in [-0.39, 0.29) is 23.5 Å². The summed E-state index contributed by atoms with van der Waals surface area (Å²) in [6, 6.07) is 16.6. The molecular weight excluding hydrogens is 501 g/mol. The summed E-state index contributed by atoms with van der Waals surface area (Å²) in [7, 11) is 0. The van der Waals surface area contributed by atoms with Gasteiger partial charge in [0.05, 0.1) is 0 Å². The number of hydrogen-bond acceptors (Lipinski definition) is 5. The predicted molar refractivity (Wildman–Crippen MR) is 151 cm³/mol. The zero-order chi connectivity index (χ0) is 26.9. The largest absolute Gasteiger partial charge is 0.451 e. The van der Waals surface area contributed by atoms with Crippen LogP contribution in [0.4, 0.5) is 10.1 Å². The molecule has 1 fully saturated rings. The predicted octanol–water partition coefficient (Wildman–Crippen LogP) is 6.49. The number of carbonyl (C=O) groups is 2. The van der Waals surface area contributed by atoms with Crippen LogP contribution in [0.15, 0.2) is 70.0 Å². The van der Waals surface area contributed by atoms with Gasteiger partial charge in [-0.25, -0.2) is 4.39 Å². The summed E-state index contributed by atoms with van der Waals surface area (Å²) in [6.45, 7) is 2.50. The Morgan fingerprint density at radius 2 is 1.79 bits per heavy atom. The normalized spacial score (nSPS) is 15.4. The van der Waals surface area contributed by atoms with E-state index in [9.17, 15) is 14.0 Å². The maximum absolute atomic E-state index is 13.6. The van der Waals surface area contributed by atoms with Gasteiger partial charge in [-0.05, 0) is 74.0 Å². The third-order valence-electron chi connectivity index (χ3n) is 6.95. The number of benzene rings is 2. The third kappa shape index (κ3) is 7.87. The van der Waals surface area contributed by atoms with Gasteiger partial charge in [-0.2, -0.15) is 0 Å². The molecule has 2 amide bonds. The van der Waals surface area contributed by atoms with E-state index in [2.05, 4.69) is 28.1 Å². The number of nitrogens with one attached hydrogen (secondary N) is 3. The Balaban J connectivity index is 1.38. The second-order valence-corrected chi connectivity index (χ2v) is 10.8. The van der Waals surface area contributed by atoms with E-state index < -0.39 is 11.9 Å². The summed E-state index contributed by atoms with van der Waals surface area (Å²) in [5.74, 6) is -0.157. The van der Waals surface area contributed by atoms with E-state index in [1.807, 2.05) is 25.3 Å². The maximum Gasteiger partial charge on any atom is 0.287 e. The summed E-state index contributed by atoms with van der Waals surface area (Å²) >= 11 is 1.69. The molecule has 1 saturated carbocycles. The standard InChI is InChI=1S/C30H36FN3O3S/c1-20(19-32-24-11-13-25(38-2)14-12-24)33-29(35)26(17-21-7-4-3-5-8-21)34-30(36)28-16-15-27(37-28)22-9-6-10-23(31)18-22/h6,9-16,18,20-21,26,32H,3-5,7-8,17,19H2,1-2H3,(H,33,35)(H,34,36)/t20-,26-/m0/s1. The second-order valence-electron chi connectivity index (χ2n) is 9.96. The first-order valence-electron chi connectivity index (χ1n) is 13.3. The number of thioether (sulfide) groups is 1. The summed E-state index contributed by atoms with van der Waals surface area (Å²) in [5.41, 5.74) is 1.54. The fourth-order valence-corrected chi connectivity index (χ4v) is 5.26. The molecule has 202 valence electrons. The topological polar surface area (TPSA) is 83.4 Å². The molecule has 2 atom stereocenters. The zero-order valence-electron chi connectivity index (χ0n) is 22.0. The molecule has 0 aliphatic heterocycles. The minimum atomic E-state index is -0.670. The van der Waals surface area contributed by atoms with Crippen LogP contribution < -0.4 is 16.0 Å². The highest BCUT2D eigenvalue weighted by Gasteiger charge is 2.28. The van der Waals surface area contributed by atoms with E-state index in [1.165, 1.54) is 23.4 Å². The first-order chi connectivity index (χ1) is 18.4. The van der Waals surface area contributed by atoms with Crippen molar-refractivity contribution in [1.82, 2.24) is 10.6 Å². The minimum Gasteiger partial charge on any atom is -0.451 e. The number of furan rings is 1. The number of anilines is 1. The van der Waals surface area contributed by atoms with Crippen molar-refractivity contribution in [3.8, 4) is 11.3 Å². The van der Waals surface area contributed by atoms with E-state index in [0.29, 0.717) is 30.2 Å². The molecule has 6 nitrogen and oxygen atoms in total. The first kappa shape index (κ1) is 27.8. The van der Waals surface area contributed by atoms with Gasteiger partial charge in [-0.1, -0.05) is 44.2 Å². The van der Waals surface area contributed by atoms with Crippen molar-refractivity contribution in [3.63, 3.8) is 0 Å².